The second kappa shape index (κ2) is 4.62. The SMILES string of the molecule is COc1ccc(CNC2(CO)CC2)cc1Cl. The molecule has 4 heteroatoms. The van der Waals surface area contributed by atoms with Crippen LogP contribution in [0.2, 0.25) is 5.02 Å². The largest absolute Gasteiger partial charge is 0.495 e. The molecule has 0 radical (unpaired) electrons. The summed E-state index contributed by atoms with van der Waals surface area (Å²) in [6.45, 7) is 0.932. The maximum absolute atomic E-state index is 9.16. The predicted molar refractivity (Wildman–Crippen MR) is 63.9 cm³/mol. The van der Waals surface area contributed by atoms with Crippen molar-refractivity contribution in [3.8, 4) is 5.75 Å². The van der Waals surface area contributed by atoms with Crippen molar-refractivity contribution < 1.29 is 9.84 Å². The van der Waals surface area contributed by atoms with Gasteiger partial charge >= 0.3 is 0 Å². The number of hydrogen-bond donors (Lipinski definition) is 2. The summed E-state index contributed by atoms with van der Waals surface area (Å²) < 4.78 is 5.09. The minimum absolute atomic E-state index is 0.0353. The summed E-state index contributed by atoms with van der Waals surface area (Å²) in [5.41, 5.74) is 1.07. The Morgan fingerprint density at radius 3 is 2.75 bits per heavy atom. The molecule has 0 saturated heterocycles. The first kappa shape index (κ1) is 11.7. The molecule has 0 aliphatic heterocycles. The van der Waals surface area contributed by atoms with Gasteiger partial charge in [0.25, 0.3) is 0 Å². The molecule has 0 unspecified atom stereocenters. The quantitative estimate of drug-likeness (QED) is 0.828. The summed E-state index contributed by atoms with van der Waals surface area (Å²) in [5, 5.41) is 13.1. The summed E-state index contributed by atoms with van der Waals surface area (Å²) in [7, 11) is 1.60. The fourth-order valence-electron chi connectivity index (χ4n) is 1.65. The number of ether oxygens (including phenoxy) is 1. The Morgan fingerprint density at radius 2 is 2.25 bits per heavy atom. The molecule has 0 aromatic heterocycles. The molecule has 16 heavy (non-hydrogen) atoms. The Balaban J connectivity index is 1.97. The number of halogens is 1. The second-order valence-electron chi connectivity index (χ2n) is 4.26. The zero-order valence-corrected chi connectivity index (χ0v) is 10.0. The summed E-state index contributed by atoms with van der Waals surface area (Å²) in [4.78, 5) is 0. The number of rotatable bonds is 5. The molecule has 0 spiro atoms. The lowest BCUT2D eigenvalue weighted by atomic mass is 10.2. The lowest BCUT2D eigenvalue weighted by molar-refractivity contribution is 0.229. The van der Waals surface area contributed by atoms with Crippen LogP contribution in [-0.4, -0.2) is 24.4 Å². The molecule has 0 heterocycles. The summed E-state index contributed by atoms with van der Waals surface area (Å²) >= 11 is 6.03. The average Bonchev–Trinajstić information content (AvgIpc) is 3.07. The zero-order valence-electron chi connectivity index (χ0n) is 9.29. The van der Waals surface area contributed by atoms with Gasteiger partial charge in [0.15, 0.2) is 0 Å². The van der Waals surface area contributed by atoms with Crippen molar-refractivity contribution in [3.63, 3.8) is 0 Å². The van der Waals surface area contributed by atoms with E-state index in [0.29, 0.717) is 10.8 Å². The Hall–Kier alpha value is -0.770. The molecule has 2 rings (SSSR count). The van der Waals surface area contributed by atoms with Crippen LogP contribution in [0.25, 0.3) is 0 Å². The van der Waals surface area contributed by atoms with Crippen LogP contribution in [0.5, 0.6) is 5.75 Å². The second-order valence-corrected chi connectivity index (χ2v) is 4.67. The van der Waals surface area contributed by atoms with E-state index >= 15 is 0 Å². The number of nitrogens with one attached hydrogen (secondary N) is 1. The highest BCUT2D eigenvalue weighted by Gasteiger charge is 2.41. The van der Waals surface area contributed by atoms with Gasteiger partial charge in [-0.1, -0.05) is 17.7 Å². The molecule has 1 fully saturated rings. The average molecular weight is 242 g/mol. The van der Waals surface area contributed by atoms with Gasteiger partial charge in [-0.05, 0) is 30.5 Å². The van der Waals surface area contributed by atoms with Crippen LogP contribution in [0.3, 0.4) is 0 Å². The lowest BCUT2D eigenvalue weighted by Gasteiger charge is -2.14. The van der Waals surface area contributed by atoms with Crippen LogP contribution in [0, 0.1) is 0 Å². The minimum atomic E-state index is -0.0353. The molecule has 0 amide bonds. The van der Waals surface area contributed by atoms with E-state index in [4.69, 9.17) is 21.4 Å². The van der Waals surface area contributed by atoms with E-state index in [-0.39, 0.29) is 12.1 Å². The maximum Gasteiger partial charge on any atom is 0.137 e. The molecule has 0 atom stereocenters. The fourth-order valence-corrected chi connectivity index (χ4v) is 1.93. The molecule has 1 aliphatic carbocycles. The van der Waals surface area contributed by atoms with Gasteiger partial charge < -0.3 is 15.2 Å². The van der Waals surface area contributed by atoms with E-state index in [1.165, 1.54) is 0 Å². The van der Waals surface area contributed by atoms with E-state index in [1.807, 2.05) is 18.2 Å². The molecule has 1 aliphatic rings. The monoisotopic (exact) mass is 241 g/mol. The van der Waals surface area contributed by atoms with Crippen LogP contribution in [-0.2, 0) is 6.54 Å². The van der Waals surface area contributed by atoms with Crippen molar-refractivity contribution in [1.29, 1.82) is 0 Å². The molecule has 2 N–H and O–H groups in total. The van der Waals surface area contributed by atoms with E-state index in [9.17, 15) is 0 Å². The maximum atomic E-state index is 9.16. The van der Waals surface area contributed by atoms with Gasteiger partial charge in [-0.2, -0.15) is 0 Å². The molecule has 3 nitrogen and oxygen atoms in total. The lowest BCUT2D eigenvalue weighted by Crippen LogP contribution is -2.34. The molecular formula is C12H16ClNO2. The van der Waals surface area contributed by atoms with Crippen molar-refractivity contribution in [2.75, 3.05) is 13.7 Å². The van der Waals surface area contributed by atoms with E-state index in [1.54, 1.807) is 7.11 Å². The van der Waals surface area contributed by atoms with Crippen molar-refractivity contribution in [2.24, 2.45) is 0 Å². The first-order valence-corrected chi connectivity index (χ1v) is 5.75. The first-order valence-electron chi connectivity index (χ1n) is 5.37. The summed E-state index contributed by atoms with van der Waals surface area (Å²) in [6.07, 6.45) is 2.10. The third-order valence-electron chi connectivity index (χ3n) is 3.04. The van der Waals surface area contributed by atoms with Crippen molar-refractivity contribution >= 4 is 11.6 Å². The molecule has 0 bridgehead atoms. The highest BCUT2D eigenvalue weighted by molar-refractivity contribution is 6.32. The highest BCUT2D eigenvalue weighted by atomic mass is 35.5. The van der Waals surface area contributed by atoms with Crippen molar-refractivity contribution in [3.05, 3.63) is 28.8 Å². The molecule has 1 saturated carbocycles. The predicted octanol–water partition coefficient (Wildman–Crippen LogP) is 1.96. The first-order chi connectivity index (χ1) is 7.69. The Labute approximate surface area is 100 Å². The number of aliphatic hydroxyl groups is 1. The third-order valence-corrected chi connectivity index (χ3v) is 3.34. The standard InChI is InChI=1S/C12H16ClNO2/c1-16-11-3-2-9(6-10(11)13)7-14-12(8-15)4-5-12/h2-3,6,14-15H,4-5,7-8H2,1H3. The Morgan fingerprint density at radius 1 is 1.50 bits per heavy atom. The number of methoxy groups -OCH3 is 1. The van der Waals surface area contributed by atoms with Crippen LogP contribution >= 0.6 is 11.6 Å². The van der Waals surface area contributed by atoms with Crippen LogP contribution in [0.1, 0.15) is 18.4 Å². The summed E-state index contributed by atoms with van der Waals surface area (Å²) in [6, 6.07) is 5.73. The van der Waals surface area contributed by atoms with Gasteiger partial charge in [-0.25, -0.2) is 0 Å². The molecule has 1 aromatic rings. The molecule has 88 valence electrons. The van der Waals surface area contributed by atoms with E-state index < -0.39 is 0 Å². The smallest absolute Gasteiger partial charge is 0.137 e. The topological polar surface area (TPSA) is 41.5 Å². The van der Waals surface area contributed by atoms with Gasteiger partial charge in [0, 0.05) is 12.1 Å². The number of aliphatic hydroxyl groups excluding tert-OH is 1. The zero-order chi connectivity index (χ0) is 11.6. The van der Waals surface area contributed by atoms with Gasteiger partial charge in [-0.3, -0.25) is 0 Å². The Bertz CT molecular complexity index is 377. The van der Waals surface area contributed by atoms with Gasteiger partial charge in [-0.15, -0.1) is 0 Å². The summed E-state index contributed by atoms with van der Waals surface area (Å²) in [5.74, 6) is 0.689. The number of hydrogen-bond acceptors (Lipinski definition) is 3. The van der Waals surface area contributed by atoms with Crippen LogP contribution in [0.15, 0.2) is 18.2 Å². The van der Waals surface area contributed by atoms with Gasteiger partial charge in [0.05, 0.1) is 18.7 Å². The van der Waals surface area contributed by atoms with Crippen molar-refractivity contribution in [1.82, 2.24) is 5.32 Å². The normalized spacial score (nSPS) is 17.2. The third kappa shape index (κ3) is 2.48. The minimum Gasteiger partial charge on any atom is -0.495 e. The van der Waals surface area contributed by atoms with Crippen LogP contribution in [0.4, 0.5) is 0 Å². The van der Waals surface area contributed by atoms with Crippen molar-refractivity contribution in [2.45, 2.75) is 24.9 Å². The molecular weight excluding hydrogens is 226 g/mol. The van der Waals surface area contributed by atoms with Crippen LogP contribution < -0.4 is 10.1 Å². The van der Waals surface area contributed by atoms with E-state index in [2.05, 4.69) is 5.32 Å². The fraction of sp³-hybridized carbons (Fsp3) is 0.500. The van der Waals surface area contributed by atoms with Gasteiger partial charge in [0.1, 0.15) is 5.75 Å². The molecule has 1 aromatic carbocycles. The highest BCUT2D eigenvalue weighted by Crippen LogP contribution is 2.35. The van der Waals surface area contributed by atoms with E-state index in [0.717, 1.165) is 24.9 Å². The van der Waals surface area contributed by atoms with Gasteiger partial charge in [0.2, 0.25) is 0 Å². The Kier molecular flexibility index (Phi) is 3.38. The number of benzene rings is 1.